The first-order valence-corrected chi connectivity index (χ1v) is 5.79. The van der Waals surface area contributed by atoms with Crippen molar-refractivity contribution in [3.8, 4) is 0 Å². The number of halogens is 1. The van der Waals surface area contributed by atoms with Gasteiger partial charge in [-0.2, -0.15) is 0 Å². The van der Waals surface area contributed by atoms with Gasteiger partial charge in [0.2, 0.25) is 0 Å². The van der Waals surface area contributed by atoms with E-state index in [1.165, 1.54) is 17.7 Å². The SMILES string of the molecule is C[C@@H]1CN(CO)CC[C@H]1c1ccc(F)cc1. The second-order valence-corrected chi connectivity index (χ2v) is 4.64. The van der Waals surface area contributed by atoms with Crippen molar-refractivity contribution in [1.82, 2.24) is 4.90 Å². The zero-order chi connectivity index (χ0) is 11.5. The third-order valence-electron chi connectivity index (χ3n) is 3.49. The first-order chi connectivity index (χ1) is 7.70. The molecule has 16 heavy (non-hydrogen) atoms. The first kappa shape index (κ1) is 11.6. The van der Waals surface area contributed by atoms with Gasteiger partial charge in [0.1, 0.15) is 5.82 Å². The highest BCUT2D eigenvalue weighted by Gasteiger charge is 2.26. The van der Waals surface area contributed by atoms with Gasteiger partial charge in [0.25, 0.3) is 0 Å². The van der Waals surface area contributed by atoms with Crippen LogP contribution in [0.25, 0.3) is 0 Å². The predicted molar refractivity (Wildman–Crippen MR) is 61.6 cm³/mol. The monoisotopic (exact) mass is 223 g/mol. The van der Waals surface area contributed by atoms with Crippen LogP contribution in [0.2, 0.25) is 0 Å². The normalized spacial score (nSPS) is 26.9. The van der Waals surface area contributed by atoms with Crippen molar-refractivity contribution in [3.63, 3.8) is 0 Å². The maximum Gasteiger partial charge on any atom is 0.123 e. The molecule has 1 aromatic rings. The Labute approximate surface area is 95.7 Å². The van der Waals surface area contributed by atoms with E-state index in [9.17, 15) is 4.39 Å². The lowest BCUT2D eigenvalue weighted by Gasteiger charge is -2.36. The van der Waals surface area contributed by atoms with Crippen molar-refractivity contribution >= 4 is 0 Å². The summed E-state index contributed by atoms with van der Waals surface area (Å²) in [5.41, 5.74) is 1.21. The third-order valence-corrected chi connectivity index (χ3v) is 3.49. The van der Waals surface area contributed by atoms with Crippen molar-refractivity contribution in [2.45, 2.75) is 19.3 Å². The number of piperidine rings is 1. The van der Waals surface area contributed by atoms with Gasteiger partial charge in [-0.1, -0.05) is 19.1 Å². The van der Waals surface area contributed by atoms with E-state index in [0.717, 1.165) is 19.5 Å². The fourth-order valence-corrected chi connectivity index (χ4v) is 2.57. The Hall–Kier alpha value is -0.930. The molecule has 2 rings (SSSR count). The number of aliphatic hydroxyl groups excluding tert-OH is 1. The molecule has 1 aliphatic heterocycles. The summed E-state index contributed by atoms with van der Waals surface area (Å²) in [5.74, 6) is 0.818. The quantitative estimate of drug-likeness (QED) is 0.831. The second-order valence-electron chi connectivity index (χ2n) is 4.64. The molecular formula is C13H18FNO. The summed E-state index contributed by atoms with van der Waals surface area (Å²) in [4.78, 5) is 2.05. The van der Waals surface area contributed by atoms with Gasteiger partial charge in [-0.15, -0.1) is 0 Å². The Bertz CT molecular complexity index is 338. The van der Waals surface area contributed by atoms with Crippen molar-refractivity contribution in [3.05, 3.63) is 35.6 Å². The van der Waals surface area contributed by atoms with Crippen LogP contribution in [0.3, 0.4) is 0 Å². The van der Waals surface area contributed by atoms with Crippen LogP contribution in [0, 0.1) is 11.7 Å². The first-order valence-electron chi connectivity index (χ1n) is 5.79. The van der Waals surface area contributed by atoms with Crippen molar-refractivity contribution in [2.24, 2.45) is 5.92 Å². The Balaban J connectivity index is 2.08. The number of hydrogen-bond acceptors (Lipinski definition) is 2. The summed E-state index contributed by atoms with van der Waals surface area (Å²) in [6.07, 6.45) is 1.04. The topological polar surface area (TPSA) is 23.5 Å². The van der Waals surface area contributed by atoms with Crippen molar-refractivity contribution < 1.29 is 9.50 Å². The molecule has 0 amide bonds. The minimum absolute atomic E-state index is 0.139. The molecule has 1 heterocycles. The van der Waals surface area contributed by atoms with Crippen LogP contribution in [0.1, 0.15) is 24.8 Å². The average Bonchev–Trinajstić information content (AvgIpc) is 2.30. The van der Waals surface area contributed by atoms with E-state index in [1.807, 2.05) is 17.0 Å². The van der Waals surface area contributed by atoms with Crippen LogP contribution in [0.15, 0.2) is 24.3 Å². The van der Waals surface area contributed by atoms with Crippen LogP contribution in [-0.4, -0.2) is 29.8 Å². The van der Waals surface area contributed by atoms with E-state index in [-0.39, 0.29) is 12.5 Å². The highest BCUT2D eigenvalue weighted by atomic mass is 19.1. The molecule has 0 aromatic heterocycles. The molecule has 2 atom stereocenters. The molecular weight excluding hydrogens is 205 g/mol. The molecule has 88 valence electrons. The van der Waals surface area contributed by atoms with Gasteiger partial charge in [0.15, 0.2) is 0 Å². The van der Waals surface area contributed by atoms with Crippen LogP contribution in [0.5, 0.6) is 0 Å². The lowest BCUT2D eigenvalue weighted by molar-refractivity contribution is 0.0618. The number of hydrogen-bond donors (Lipinski definition) is 1. The molecule has 1 fully saturated rings. The van der Waals surface area contributed by atoms with Gasteiger partial charge in [-0.3, -0.25) is 4.90 Å². The van der Waals surface area contributed by atoms with Crippen LogP contribution in [-0.2, 0) is 0 Å². The maximum absolute atomic E-state index is 12.8. The number of benzene rings is 1. The molecule has 3 heteroatoms. The molecule has 0 spiro atoms. The number of rotatable bonds is 2. The molecule has 1 aromatic carbocycles. The van der Waals surface area contributed by atoms with Gasteiger partial charge >= 0.3 is 0 Å². The molecule has 0 saturated carbocycles. The van der Waals surface area contributed by atoms with Gasteiger partial charge in [-0.05, 0) is 36.0 Å². The van der Waals surface area contributed by atoms with E-state index in [2.05, 4.69) is 6.92 Å². The highest BCUT2D eigenvalue weighted by molar-refractivity contribution is 5.21. The van der Waals surface area contributed by atoms with Crippen molar-refractivity contribution in [2.75, 3.05) is 19.8 Å². The second kappa shape index (κ2) is 4.93. The maximum atomic E-state index is 12.8. The molecule has 1 saturated heterocycles. The van der Waals surface area contributed by atoms with E-state index >= 15 is 0 Å². The number of aliphatic hydroxyl groups is 1. The van der Waals surface area contributed by atoms with E-state index in [0.29, 0.717) is 11.8 Å². The fourth-order valence-electron chi connectivity index (χ4n) is 2.57. The number of nitrogens with zero attached hydrogens (tertiary/aromatic N) is 1. The molecule has 0 radical (unpaired) electrons. The minimum atomic E-state index is -0.177. The van der Waals surface area contributed by atoms with E-state index < -0.39 is 0 Å². The standard InChI is InChI=1S/C13H18FNO/c1-10-8-15(9-16)7-6-13(10)11-2-4-12(14)5-3-11/h2-5,10,13,16H,6-9H2,1H3/t10-,13-/m1/s1. The Kier molecular flexibility index (Phi) is 3.56. The van der Waals surface area contributed by atoms with E-state index in [1.54, 1.807) is 0 Å². The van der Waals surface area contributed by atoms with Crippen LogP contribution in [0.4, 0.5) is 4.39 Å². The predicted octanol–water partition coefficient (Wildman–Crippen LogP) is 2.20. The van der Waals surface area contributed by atoms with Gasteiger partial charge in [0, 0.05) is 13.1 Å². The van der Waals surface area contributed by atoms with Gasteiger partial charge < -0.3 is 5.11 Å². The van der Waals surface area contributed by atoms with E-state index in [4.69, 9.17) is 5.11 Å². The lowest BCUT2D eigenvalue weighted by Crippen LogP contribution is -2.38. The Morgan fingerprint density at radius 2 is 2.06 bits per heavy atom. The summed E-state index contributed by atoms with van der Waals surface area (Å²) in [5, 5.41) is 9.08. The van der Waals surface area contributed by atoms with Gasteiger partial charge in [0.05, 0.1) is 6.73 Å². The summed E-state index contributed by atoms with van der Waals surface area (Å²) < 4.78 is 12.8. The van der Waals surface area contributed by atoms with Crippen LogP contribution >= 0.6 is 0 Å². The fraction of sp³-hybridized carbons (Fsp3) is 0.538. The zero-order valence-electron chi connectivity index (χ0n) is 9.56. The highest BCUT2D eigenvalue weighted by Crippen LogP contribution is 2.32. The van der Waals surface area contributed by atoms with Crippen molar-refractivity contribution in [1.29, 1.82) is 0 Å². The van der Waals surface area contributed by atoms with Gasteiger partial charge in [-0.25, -0.2) is 4.39 Å². The molecule has 1 aliphatic rings. The molecule has 2 nitrogen and oxygen atoms in total. The smallest absolute Gasteiger partial charge is 0.123 e. The molecule has 1 N–H and O–H groups in total. The zero-order valence-corrected chi connectivity index (χ0v) is 9.56. The Morgan fingerprint density at radius 3 is 2.62 bits per heavy atom. The summed E-state index contributed by atoms with van der Waals surface area (Å²) in [7, 11) is 0. The average molecular weight is 223 g/mol. The largest absolute Gasteiger partial charge is 0.381 e. The Morgan fingerprint density at radius 1 is 1.38 bits per heavy atom. The van der Waals surface area contributed by atoms with Crippen LogP contribution < -0.4 is 0 Å². The summed E-state index contributed by atoms with van der Waals surface area (Å²) in [6, 6.07) is 6.82. The summed E-state index contributed by atoms with van der Waals surface area (Å²) in [6.45, 7) is 4.16. The molecule has 0 aliphatic carbocycles. The third kappa shape index (κ3) is 2.42. The number of likely N-dealkylation sites (tertiary alicyclic amines) is 1. The minimum Gasteiger partial charge on any atom is -0.381 e. The molecule has 0 bridgehead atoms. The molecule has 0 unspecified atom stereocenters. The summed E-state index contributed by atoms with van der Waals surface area (Å²) >= 11 is 0. The lowest BCUT2D eigenvalue weighted by atomic mass is 9.82.